The topological polar surface area (TPSA) is 72.1 Å². The molecule has 0 unspecified atom stereocenters. The van der Waals surface area contributed by atoms with Gasteiger partial charge >= 0.3 is 0 Å². The van der Waals surface area contributed by atoms with Crippen molar-refractivity contribution >= 4 is 5.91 Å². The molecule has 2 fully saturated rings. The zero-order valence-electron chi connectivity index (χ0n) is 13.0. The third kappa shape index (κ3) is 3.11. The van der Waals surface area contributed by atoms with E-state index in [1.165, 1.54) is 0 Å². The van der Waals surface area contributed by atoms with Gasteiger partial charge in [0.2, 0.25) is 11.8 Å². The largest absolute Gasteiger partial charge is 0.337 e. The minimum Gasteiger partial charge on any atom is -0.337 e. The van der Waals surface area contributed by atoms with Gasteiger partial charge in [-0.25, -0.2) is 0 Å². The number of nitrogens with zero attached hydrogens (tertiary/aromatic N) is 4. The third-order valence-corrected chi connectivity index (χ3v) is 4.59. The van der Waals surface area contributed by atoms with Crippen LogP contribution in [0.5, 0.6) is 0 Å². The molecule has 0 radical (unpaired) electrons. The summed E-state index contributed by atoms with van der Waals surface area (Å²) in [5, 5.41) is 4.10. The number of rotatable bonds is 4. The molecule has 6 heteroatoms. The summed E-state index contributed by atoms with van der Waals surface area (Å²) in [6.07, 6.45) is 9.13. The first-order chi connectivity index (χ1) is 11.3. The number of aromatic nitrogens is 3. The maximum atomic E-state index is 12.7. The quantitative estimate of drug-likeness (QED) is 0.868. The van der Waals surface area contributed by atoms with Crippen LogP contribution in [0.4, 0.5) is 0 Å². The smallest absolute Gasteiger partial charge is 0.249 e. The molecule has 4 rings (SSSR count). The highest BCUT2D eigenvalue weighted by atomic mass is 16.5. The van der Waals surface area contributed by atoms with Crippen molar-refractivity contribution in [3.05, 3.63) is 41.8 Å². The maximum absolute atomic E-state index is 12.7. The first kappa shape index (κ1) is 14.4. The Bertz CT molecular complexity index is 681. The number of likely N-dealkylation sites (tertiary alicyclic amines) is 1. The Kier molecular flexibility index (Phi) is 3.81. The van der Waals surface area contributed by atoms with E-state index in [0.717, 1.165) is 50.0 Å². The van der Waals surface area contributed by atoms with Crippen molar-refractivity contribution < 1.29 is 9.32 Å². The Hall–Kier alpha value is -2.24. The predicted molar refractivity (Wildman–Crippen MR) is 82.5 cm³/mol. The van der Waals surface area contributed by atoms with Crippen molar-refractivity contribution in [2.75, 3.05) is 6.54 Å². The number of piperidine rings is 1. The molecule has 0 N–H and O–H groups in total. The molecule has 0 aromatic carbocycles. The zero-order valence-corrected chi connectivity index (χ0v) is 13.0. The average Bonchev–Trinajstić information content (AvgIpc) is 3.33. The second-order valence-corrected chi connectivity index (χ2v) is 6.40. The lowest BCUT2D eigenvalue weighted by atomic mass is 10.0. The van der Waals surface area contributed by atoms with Crippen LogP contribution in [0.15, 0.2) is 29.0 Å². The maximum Gasteiger partial charge on any atom is 0.249 e. The summed E-state index contributed by atoms with van der Waals surface area (Å²) in [4.78, 5) is 23.2. The molecule has 1 aliphatic heterocycles. The van der Waals surface area contributed by atoms with Gasteiger partial charge in [0.15, 0.2) is 5.82 Å². The van der Waals surface area contributed by atoms with Gasteiger partial charge in [-0.05, 0) is 43.7 Å². The SMILES string of the molecule is O=C(Cc1cccnc1)N1CCCC[C@H]1c1nc(C2CC2)no1. The van der Waals surface area contributed by atoms with Gasteiger partial charge in [0.05, 0.1) is 6.42 Å². The molecule has 2 aromatic rings. The van der Waals surface area contributed by atoms with Gasteiger partial charge in [0.25, 0.3) is 0 Å². The molecular weight excluding hydrogens is 292 g/mol. The van der Waals surface area contributed by atoms with Crippen LogP contribution in [0.1, 0.15) is 61.3 Å². The molecule has 3 heterocycles. The summed E-state index contributed by atoms with van der Waals surface area (Å²) in [5.41, 5.74) is 0.936. The van der Waals surface area contributed by atoms with E-state index in [1.54, 1.807) is 12.4 Å². The van der Waals surface area contributed by atoms with E-state index >= 15 is 0 Å². The van der Waals surface area contributed by atoms with E-state index in [1.807, 2.05) is 17.0 Å². The van der Waals surface area contributed by atoms with Gasteiger partial charge in [0.1, 0.15) is 6.04 Å². The highest BCUT2D eigenvalue weighted by Gasteiger charge is 2.34. The normalized spacial score (nSPS) is 21.4. The van der Waals surface area contributed by atoms with E-state index in [9.17, 15) is 4.79 Å². The summed E-state index contributed by atoms with van der Waals surface area (Å²) in [5.74, 6) is 1.99. The van der Waals surface area contributed by atoms with Gasteiger partial charge in [-0.15, -0.1) is 0 Å². The molecule has 0 bridgehead atoms. The number of hydrogen-bond acceptors (Lipinski definition) is 5. The van der Waals surface area contributed by atoms with Crippen molar-refractivity contribution in [3.63, 3.8) is 0 Å². The van der Waals surface area contributed by atoms with Gasteiger partial charge in [-0.3, -0.25) is 9.78 Å². The second-order valence-electron chi connectivity index (χ2n) is 6.40. The van der Waals surface area contributed by atoms with Gasteiger partial charge in [-0.2, -0.15) is 4.98 Å². The molecule has 23 heavy (non-hydrogen) atoms. The highest BCUT2D eigenvalue weighted by molar-refractivity contribution is 5.79. The summed E-state index contributed by atoms with van der Waals surface area (Å²) < 4.78 is 5.47. The molecule has 1 saturated heterocycles. The minimum absolute atomic E-state index is 0.0760. The van der Waals surface area contributed by atoms with Crippen LogP contribution in [-0.2, 0) is 11.2 Å². The van der Waals surface area contributed by atoms with E-state index < -0.39 is 0 Å². The lowest BCUT2D eigenvalue weighted by Crippen LogP contribution is -2.39. The molecule has 2 aromatic heterocycles. The molecule has 6 nitrogen and oxygen atoms in total. The lowest BCUT2D eigenvalue weighted by Gasteiger charge is -2.33. The van der Waals surface area contributed by atoms with Crippen molar-refractivity contribution in [2.45, 2.75) is 50.5 Å². The Morgan fingerprint density at radius 1 is 1.30 bits per heavy atom. The van der Waals surface area contributed by atoms with Crippen LogP contribution >= 0.6 is 0 Å². The van der Waals surface area contributed by atoms with Crippen LogP contribution in [0.25, 0.3) is 0 Å². The predicted octanol–water partition coefficient (Wildman–Crippen LogP) is 2.64. The summed E-state index contributed by atoms with van der Waals surface area (Å²) in [6.45, 7) is 0.755. The van der Waals surface area contributed by atoms with Crippen molar-refractivity contribution in [1.82, 2.24) is 20.0 Å². The molecule has 1 atom stereocenters. The number of pyridine rings is 1. The standard InChI is InChI=1S/C17H20N4O2/c22-15(10-12-4-3-8-18-11-12)21-9-2-1-5-14(21)17-19-16(20-23-17)13-6-7-13/h3-4,8,11,13-14H,1-2,5-7,9-10H2/t14-/m0/s1. The molecule has 120 valence electrons. The average molecular weight is 312 g/mol. The number of carbonyl (C=O) groups is 1. The van der Waals surface area contributed by atoms with Crippen LogP contribution in [0, 0.1) is 0 Å². The lowest BCUT2D eigenvalue weighted by molar-refractivity contribution is -0.135. The van der Waals surface area contributed by atoms with Crippen LogP contribution < -0.4 is 0 Å². The Morgan fingerprint density at radius 3 is 3.00 bits per heavy atom. The molecule has 2 aliphatic rings. The second kappa shape index (κ2) is 6.10. The molecule has 1 aliphatic carbocycles. The number of carbonyl (C=O) groups excluding carboxylic acids is 1. The summed E-state index contributed by atoms with van der Waals surface area (Å²) in [6, 6.07) is 3.71. The van der Waals surface area contributed by atoms with Gasteiger partial charge in [0, 0.05) is 24.9 Å². The van der Waals surface area contributed by atoms with E-state index in [-0.39, 0.29) is 11.9 Å². The minimum atomic E-state index is -0.0760. The monoisotopic (exact) mass is 312 g/mol. The highest BCUT2D eigenvalue weighted by Crippen LogP contribution is 2.39. The fraction of sp³-hybridized carbons (Fsp3) is 0.529. The van der Waals surface area contributed by atoms with Crippen LogP contribution in [0.2, 0.25) is 0 Å². The number of amides is 1. The zero-order chi connectivity index (χ0) is 15.6. The van der Waals surface area contributed by atoms with Crippen molar-refractivity contribution in [3.8, 4) is 0 Å². The summed E-state index contributed by atoms with van der Waals surface area (Å²) >= 11 is 0. The first-order valence-corrected chi connectivity index (χ1v) is 8.33. The van der Waals surface area contributed by atoms with Crippen LogP contribution in [-0.4, -0.2) is 32.5 Å². The van der Waals surface area contributed by atoms with Gasteiger partial charge < -0.3 is 9.42 Å². The number of hydrogen-bond donors (Lipinski definition) is 0. The molecule has 0 spiro atoms. The van der Waals surface area contributed by atoms with Crippen LogP contribution in [0.3, 0.4) is 0 Å². The fourth-order valence-corrected chi connectivity index (χ4v) is 3.16. The van der Waals surface area contributed by atoms with E-state index in [0.29, 0.717) is 18.2 Å². The third-order valence-electron chi connectivity index (χ3n) is 4.59. The van der Waals surface area contributed by atoms with E-state index in [2.05, 4.69) is 15.1 Å². The summed E-state index contributed by atoms with van der Waals surface area (Å²) in [7, 11) is 0. The Morgan fingerprint density at radius 2 is 2.22 bits per heavy atom. The van der Waals surface area contributed by atoms with Gasteiger partial charge in [-0.1, -0.05) is 11.2 Å². The fourth-order valence-electron chi connectivity index (χ4n) is 3.16. The first-order valence-electron chi connectivity index (χ1n) is 8.33. The molecule has 1 amide bonds. The van der Waals surface area contributed by atoms with E-state index in [4.69, 9.17) is 4.52 Å². The van der Waals surface area contributed by atoms with Crippen molar-refractivity contribution in [1.29, 1.82) is 0 Å². The molecule has 1 saturated carbocycles. The molecular formula is C17H20N4O2. The Balaban J connectivity index is 1.51. The van der Waals surface area contributed by atoms with Crippen molar-refractivity contribution in [2.24, 2.45) is 0 Å². The Labute approximate surface area is 134 Å².